The van der Waals surface area contributed by atoms with Gasteiger partial charge in [-0.1, -0.05) is 24.3 Å². The molecule has 0 fully saturated rings. The smallest absolute Gasteiger partial charge is 0.313 e. The van der Waals surface area contributed by atoms with Crippen molar-refractivity contribution in [2.45, 2.75) is 33.4 Å². The van der Waals surface area contributed by atoms with Crippen LogP contribution in [0.15, 0.2) is 48.5 Å². The minimum Gasteiger partial charge on any atom is -0.494 e. The normalized spacial score (nSPS) is 10.3. The second-order valence-corrected chi connectivity index (χ2v) is 6.39. The molecule has 0 unspecified atom stereocenters. The van der Waals surface area contributed by atoms with Crippen LogP contribution in [0.3, 0.4) is 0 Å². The van der Waals surface area contributed by atoms with Gasteiger partial charge < -0.3 is 20.7 Å². The van der Waals surface area contributed by atoms with Crippen molar-refractivity contribution in [3.05, 3.63) is 59.7 Å². The molecule has 0 aliphatic heterocycles. The highest BCUT2D eigenvalue weighted by atomic mass is 16.5. The van der Waals surface area contributed by atoms with Crippen LogP contribution in [-0.4, -0.2) is 30.4 Å². The number of para-hydroxylation sites is 1. The predicted molar refractivity (Wildman–Crippen MR) is 107 cm³/mol. The van der Waals surface area contributed by atoms with Crippen LogP contribution in [-0.2, 0) is 16.1 Å². The summed E-state index contributed by atoms with van der Waals surface area (Å²) in [6.45, 7) is 6.36. The summed E-state index contributed by atoms with van der Waals surface area (Å²) in [7, 11) is 0. The summed E-state index contributed by atoms with van der Waals surface area (Å²) in [5.74, 6) is -1.20. The molecule has 0 radical (unpaired) electrons. The molecule has 0 heterocycles. The van der Waals surface area contributed by atoms with E-state index in [1.807, 2.05) is 32.9 Å². The molecular formula is C21H25N3O4. The number of hydrogen-bond donors (Lipinski definition) is 3. The number of carbonyl (C=O) groups is 3. The van der Waals surface area contributed by atoms with Crippen LogP contribution < -0.4 is 20.7 Å². The Morgan fingerprint density at radius 2 is 1.64 bits per heavy atom. The van der Waals surface area contributed by atoms with Crippen molar-refractivity contribution >= 4 is 23.4 Å². The first-order chi connectivity index (χ1) is 13.4. The summed E-state index contributed by atoms with van der Waals surface area (Å²) < 4.78 is 5.36. The van der Waals surface area contributed by atoms with E-state index in [1.165, 1.54) is 0 Å². The summed E-state index contributed by atoms with van der Waals surface area (Å²) in [6.07, 6.45) is 0. The highest BCUT2D eigenvalue weighted by molar-refractivity contribution is 6.40. The number of hydrogen-bond acceptors (Lipinski definition) is 4. The number of carbonyl (C=O) groups excluding carboxylic acids is 3. The number of amides is 3. The number of nitrogens with one attached hydrogen (secondary N) is 3. The minimum absolute atomic E-state index is 0.0475. The van der Waals surface area contributed by atoms with E-state index in [4.69, 9.17) is 4.74 Å². The first kappa shape index (κ1) is 21.0. The van der Waals surface area contributed by atoms with E-state index in [0.29, 0.717) is 12.2 Å². The SMILES string of the molecule is CCOc1ccc(CNC(=O)C(=O)Nc2ccccc2C(=O)NC(C)C)cc1. The standard InChI is InChI=1S/C21H25N3O4/c1-4-28-16-11-9-15(10-12-16)13-22-20(26)21(27)24-18-8-6-5-7-17(18)19(25)23-14(2)3/h5-12,14H,4,13H2,1-3H3,(H,22,26)(H,23,25)(H,24,27). The maximum absolute atomic E-state index is 12.2. The Labute approximate surface area is 164 Å². The van der Waals surface area contributed by atoms with E-state index in [1.54, 1.807) is 36.4 Å². The lowest BCUT2D eigenvalue weighted by Gasteiger charge is -2.13. The second-order valence-electron chi connectivity index (χ2n) is 6.39. The molecule has 0 saturated heterocycles. The number of ether oxygens (including phenoxy) is 1. The molecular weight excluding hydrogens is 358 g/mol. The first-order valence-corrected chi connectivity index (χ1v) is 9.11. The summed E-state index contributed by atoms with van der Waals surface area (Å²) in [5.41, 5.74) is 1.41. The summed E-state index contributed by atoms with van der Waals surface area (Å²) in [5, 5.41) is 7.81. The summed E-state index contributed by atoms with van der Waals surface area (Å²) >= 11 is 0. The van der Waals surface area contributed by atoms with Gasteiger partial charge in [0.2, 0.25) is 0 Å². The van der Waals surface area contributed by atoms with Crippen molar-refractivity contribution in [3.63, 3.8) is 0 Å². The lowest BCUT2D eigenvalue weighted by molar-refractivity contribution is -0.136. The predicted octanol–water partition coefficient (Wildman–Crippen LogP) is 2.48. The van der Waals surface area contributed by atoms with Gasteiger partial charge in [0.15, 0.2) is 0 Å². The molecule has 0 atom stereocenters. The molecule has 28 heavy (non-hydrogen) atoms. The van der Waals surface area contributed by atoms with Crippen LogP contribution >= 0.6 is 0 Å². The van der Waals surface area contributed by atoms with Crippen molar-refractivity contribution in [1.29, 1.82) is 0 Å². The third kappa shape index (κ3) is 6.12. The molecule has 2 aromatic carbocycles. The Balaban J connectivity index is 1.95. The zero-order valence-electron chi connectivity index (χ0n) is 16.2. The Morgan fingerprint density at radius 3 is 2.29 bits per heavy atom. The first-order valence-electron chi connectivity index (χ1n) is 9.11. The molecule has 7 nitrogen and oxygen atoms in total. The zero-order valence-corrected chi connectivity index (χ0v) is 16.2. The Hall–Kier alpha value is -3.35. The average molecular weight is 383 g/mol. The van der Waals surface area contributed by atoms with Crippen molar-refractivity contribution in [2.24, 2.45) is 0 Å². The molecule has 0 bridgehead atoms. The number of benzene rings is 2. The Kier molecular flexibility index (Phi) is 7.56. The number of rotatable bonds is 7. The van der Waals surface area contributed by atoms with Crippen molar-refractivity contribution < 1.29 is 19.1 Å². The largest absolute Gasteiger partial charge is 0.494 e. The maximum Gasteiger partial charge on any atom is 0.313 e. The zero-order chi connectivity index (χ0) is 20.5. The summed E-state index contributed by atoms with van der Waals surface area (Å²) in [6, 6.07) is 13.7. The Bertz CT molecular complexity index is 832. The quantitative estimate of drug-likeness (QED) is 0.640. The maximum atomic E-state index is 12.2. The highest BCUT2D eigenvalue weighted by Crippen LogP contribution is 2.15. The fraction of sp³-hybridized carbons (Fsp3) is 0.286. The van der Waals surface area contributed by atoms with E-state index in [-0.39, 0.29) is 24.2 Å². The van der Waals surface area contributed by atoms with Crippen LogP contribution in [0, 0.1) is 0 Å². The van der Waals surface area contributed by atoms with Gasteiger partial charge in [-0.3, -0.25) is 14.4 Å². The molecule has 0 aliphatic rings. The molecule has 0 aromatic heterocycles. The van der Waals surface area contributed by atoms with Gasteiger partial charge in [0.1, 0.15) is 5.75 Å². The van der Waals surface area contributed by atoms with Gasteiger partial charge in [0.25, 0.3) is 5.91 Å². The van der Waals surface area contributed by atoms with Crippen LogP contribution in [0.1, 0.15) is 36.7 Å². The third-order valence-electron chi connectivity index (χ3n) is 3.73. The molecule has 148 valence electrons. The minimum atomic E-state index is -0.837. The van der Waals surface area contributed by atoms with Crippen molar-refractivity contribution in [2.75, 3.05) is 11.9 Å². The number of anilines is 1. The van der Waals surface area contributed by atoms with Gasteiger partial charge >= 0.3 is 11.8 Å². The fourth-order valence-corrected chi connectivity index (χ4v) is 2.44. The van der Waals surface area contributed by atoms with E-state index < -0.39 is 11.8 Å². The molecule has 3 amide bonds. The van der Waals surface area contributed by atoms with E-state index in [0.717, 1.165) is 11.3 Å². The van der Waals surface area contributed by atoms with Gasteiger partial charge in [0.05, 0.1) is 17.9 Å². The molecule has 7 heteroatoms. The van der Waals surface area contributed by atoms with Crippen LogP contribution in [0.5, 0.6) is 5.75 Å². The van der Waals surface area contributed by atoms with Gasteiger partial charge in [-0.25, -0.2) is 0 Å². The lowest BCUT2D eigenvalue weighted by Crippen LogP contribution is -2.36. The van der Waals surface area contributed by atoms with Gasteiger partial charge in [-0.2, -0.15) is 0 Å². The van der Waals surface area contributed by atoms with Gasteiger partial charge in [0, 0.05) is 12.6 Å². The average Bonchev–Trinajstić information content (AvgIpc) is 2.67. The summed E-state index contributed by atoms with van der Waals surface area (Å²) in [4.78, 5) is 36.5. The third-order valence-corrected chi connectivity index (χ3v) is 3.73. The molecule has 2 aromatic rings. The van der Waals surface area contributed by atoms with E-state index in [9.17, 15) is 14.4 Å². The topological polar surface area (TPSA) is 96.5 Å². The van der Waals surface area contributed by atoms with Gasteiger partial charge in [-0.15, -0.1) is 0 Å². The van der Waals surface area contributed by atoms with E-state index in [2.05, 4.69) is 16.0 Å². The van der Waals surface area contributed by atoms with Gasteiger partial charge in [-0.05, 0) is 50.6 Å². The highest BCUT2D eigenvalue weighted by Gasteiger charge is 2.18. The Morgan fingerprint density at radius 1 is 0.964 bits per heavy atom. The second kappa shape index (κ2) is 10.1. The molecule has 2 rings (SSSR count). The molecule has 0 aliphatic carbocycles. The van der Waals surface area contributed by atoms with E-state index >= 15 is 0 Å². The van der Waals surface area contributed by atoms with Crippen molar-refractivity contribution in [3.8, 4) is 5.75 Å². The fourth-order valence-electron chi connectivity index (χ4n) is 2.44. The molecule has 0 spiro atoms. The van der Waals surface area contributed by atoms with Crippen LogP contribution in [0.2, 0.25) is 0 Å². The molecule has 0 saturated carbocycles. The lowest BCUT2D eigenvalue weighted by atomic mass is 10.1. The van der Waals surface area contributed by atoms with Crippen LogP contribution in [0.25, 0.3) is 0 Å². The monoisotopic (exact) mass is 383 g/mol. The van der Waals surface area contributed by atoms with Crippen molar-refractivity contribution in [1.82, 2.24) is 10.6 Å². The molecule has 3 N–H and O–H groups in total. The van der Waals surface area contributed by atoms with Crippen LogP contribution in [0.4, 0.5) is 5.69 Å².